The van der Waals surface area contributed by atoms with Gasteiger partial charge in [-0.2, -0.15) is 4.98 Å². The fourth-order valence-electron chi connectivity index (χ4n) is 5.64. The molecule has 0 radical (unpaired) electrons. The van der Waals surface area contributed by atoms with Gasteiger partial charge in [-0.3, -0.25) is 14.5 Å². The van der Waals surface area contributed by atoms with Crippen LogP contribution in [-0.2, 0) is 20.8 Å². The summed E-state index contributed by atoms with van der Waals surface area (Å²) in [7, 11) is 2.97. The largest absolute Gasteiger partial charge is 0.497 e. The maximum Gasteiger partial charge on any atom is 0.327 e. The first-order chi connectivity index (χ1) is 19.5. The van der Waals surface area contributed by atoms with Crippen LogP contribution in [0.5, 0.6) is 11.5 Å². The highest BCUT2D eigenvalue weighted by Crippen LogP contribution is 2.40. The first-order valence-corrected chi connectivity index (χ1v) is 12.9. The van der Waals surface area contributed by atoms with Crippen LogP contribution < -0.4 is 9.47 Å². The van der Waals surface area contributed by atoms with Crippen molar-refractivity contribution in [1.29, 1.82) is 0 Å². The molecule has 0 spiro atoms. The van der Waals surface area contributed by atoms with Gasteiger partial charge in [0.1, 0.15) is 24.8 Å². The third-order valence-corrected chi connectivity index (χ3v) is 7.68. The summed E-state index contributed by atoms with van der Waals surface area (Å²) in [5.74, 6) is -0.0228. The van der Waals surface area contributed by atoms with Crippen molar-refractivity contribution in [2.24, 2.45) is 5.92 Å². The molecule has 2 aliphatic heterocycles. The molecular formula is C28H28N4O8. The van der Waals surface area contributed by atoms with Gasteiger partial charge in [0.05, 0.1) is 44.5 Å². The predicted molar refractivity (Wildman–Crippen MR) is 137 cm³/mol. The minimum absolute atomic E-state index is 0.105. The van der Waals surface area contributed by atoms with Crippen LogP contribution in [0.25, 0.3) is 11.4 Å². The molecule has 12 heteroatoms. The summed E-state index contributed by atoms with van der Waals surface area (Å²) in [6.45, 7) is -0.366. The third-order valence-electron chi connectivity index (χ3n) is 7.68. The molecule has 4 unspecified atom stereocenters. The highest BCUT2D eigenvalue weighted by Gasteiger charge is 2.53. The summed E-state index contributed by atoms with van der Waals surface area (Å²) in [5.41, 5.74) is 1.01. The van der Waals surface area contributed by atoms with Crippen LogP contribution in [-0.4, -0.2) is 83.5 Å². The van der Waals surface area contributed by atoms with Gasteiger partial charge < -0.3 is 28.4 Å². The van der Waals surface area contributed by atoms with Gasteiger partial charge in [-0.05, 0) is 31.0 Å². The lowest BCUT2D eigenvalue weighted by atomic mass is 9.78. The molecule has 6 rings (SSSR count). The van der Waals surface area contributed by atoms with Gasteiger partial charge in [0.2, 0.25) is 17.6 Å². The predicted octanol–water partition coefficient (Wildman–Crippen LogP) is 2.92. The van der Waals surface area contributed by atoms with Gasteiger partial charge in [-0.1, -0.05) is 35.5 Å². The molecule has 40 heavy (non-hydrogen) atoms. The molecule has 1 aliphatic carbocycles. The van der Waals surface area contributed by atoms with Crippen LogP contribution in [0.3, 0.4) is 0 Å². The number of ether oxygens (including phenoxy) is 4. The van der Waals surface area contributed by atoms with Crippen LogP contribution in [0.4, 0.5) is 4.79 Å². The molecule has 2 aromatic carbocycles. The number of hydrogen-bond acceptors (Lipinski definition) is 10. The molecule has 3 amide bonds. The van der Waals surface area contributed by atoms with E-state index >= 15 is 0 Å². The topological polar surface area (TPSA) is 134 Å². The van der Waals surface area contributed by atoms with Crippen molar-refractivity contribution < 1.29 is 37.9 Å². The van der Waals surface area contributed by atoms with E-state index in [9.17, 15) is 14.4 Å². The lowest BCUT2D eigenvalue weighted by Gasteiger charge is -2.48. The standard InChI is InChI=1S/C28H28N4O8/c1-36-17-8-9-22(37-2)19(10-17)21(33)13-31-20-12-24-23(38-15-39-24)11-18(20)27(34)32(28(31)35)14-25-29-26(30-40-25)16-6-4-3-5-7-16/h3-10,18,20,23-24H,11-15H2,1-2H3. The van der Waals surface area contributed by atoms with E-state index in [0.29, 0.717) is 30.2 Å². The highest BCUT2D eigenvalue weighted by atomic mass is 16.7. The smallest absolute Gasteiger partial charge is 0.327 e. The van der Waals surface area contributed by atoms with E-state index in [1.54, 1.807) is 18.2 Å². The van der Waals surface area contributed by atoms with Gasteiger partial charge in [0, 0.05) is 11.6 Å². The molecule has 208 valence electrons. The van der Waals surface area contributed by atoms with Gasteiger partial charge >= 0.3 is 6.03 Å². The molecule has 1 aromatic heterocycles. The Morgan fingerprint density at radius 2 is 1.80 bits per heavy atom. The highest BCUT2D eigenvalue weighted by molar-refractivity contribution is 6.04. The summed E-state index contributed by atoms with van der Waals surface area (Å²) >= 11 is 0. The first kappa shape index (κ1) is 26.0. The fourth-order valence-corrected chi connectivity index (χ4v) is 5.64. The number of urea groups is 1. The zero-order valence-corrected chi connectivity index (χ0v) is 22.0. The van der Waals surface area contributed by atoms with Gasteiger partial charge in [-0.25, -0.2) is 4.79 Å². The number of carbonyl (C=O) groups excluding carboxylic acids is 3. The van der Waals surface area contributed by atoms with Crippen molar-refractivity contribution in [3.05, 3.63) is 60.0 Å². The van der Waals surface area contributed by atoms with Crippen molar-refractivity contribution in [2.45, 2.75) is 37.6 Å². The van der Waals surface area contributed by atoms with Crippen LogP contribution >= 0.6 is 0 Å². The number of Topliss-reactive ketones (excluding diaryl/α,β-unsaturated/α-hetero) is 1. The lowest BCUT2D eigenvalue weighted by Crippen LogP contribution is -2.65. The van der Waals surface area contributed by atoms with E-state index in [-0.39, 0.29) is 55.2 Å². The molecule has 3 aromatic rings. The average Bonchev–Trinajstić information content (AvgIpc) is 3.66. The van der Waals surface area contributed by atoms with Gasteiger partial charge in [0.25, 0.3) is 0 Å². The fraction of sp³-hybridized carbons (Fsp3) is 0.393. The number of ketones is 1. The molecule has 2 saturated heterocycles. The normalized spacial score (nSPS) is 24.1. The minimum atomic E-state index is -0.613. The minimum Gasteiger partial charge on any atom is -0.497 e. The number of fused-ring (bicyclic) bond motifs is 2. The van der Waals surface area contributed by atoms with E-state index in [2.05, 4.69) is 10.1 Å². The van der Waals surface area contributed by atoms with Crippen LogP contribution in [0.1, 0.15) is 29.1 Å². The van der Waals surface area contributed by atoms with Crippen molar-refractivity contribution in [1.82, 2.24) is 19.9 Å². The maximum atomic E-state index is 13.9. The summed E-state index contributed by atoms with van der Waals surface area (Å²) in [6, 6.07) is 13.0. The quantitative estimate of drug-likeness (QED) is 0.387. The van der Waals surface area contributed by atoms with Gasteiger partial charge in [-0.15, -0.1) is 0 Å². The van der Waals surface area contributed by atoms with E-state index < -0.39 is 18.0 Å². The number of benzene rings is 2. The van der Waals surface area contributed by atoms with Crippen LogP contribution in [0.2, 0.25) is 0 Å². The third kappa shape index (κ3) is 4.69. The van der Waals surface area contributed by atoms with Crippen LogP contribution in [0, 0.1) is 5.92 Å². The van der Waals surface area contributed by atoms with Crippen molar-refractivity contribution >= 4 is 17.7 Å². The number of rotatable bonds is 8. The van der Waals surface area contributed by atoms with E-state index in [4.69, 9.17) is 23.5 Å². The number of aromatic nitrogens is 2. The van der Waals surface area contributed by atoms with E-state index in [1.807, 2.05) is 30.3 Å². The molecule has 0 N–H and O–H groups in total. The number of hydrogen-bond donors (Lipinski definition) is 0. The number of nitrogens with zero attached hydrogens (tertiary/aromatic N) is 4. The number of imide groups is 1. The van der Waals surface area contributed by atoms with Crippen molar-refractivity contribution in [3.63, 3.8) is 0 Å². The lowest BCUT2D eigenvalue weighted by molar-refractivity contribution is -0.144. The zero-order chi connectivity index (χ0) is 27.8. The summed E-state index contributed by atoms with van der Waals surface area (Å²) in [6.07, 6.45) is 0.220. The molecular weight excluding hydrogens is 520 g/mol. The SMILES string of the molecule is COc1ccc(OC)c(C(=O)CN2C(=O)N(Cc3nc(-c4ccccc4)no3)C(=O)C3CC4OCOC4CC32)c1. The first-order valence-electron chi connectivity index (χ1n) is 12.9. The number of amides is 3. The molecule has 1 saturated carbocycles. The Morgan fingerprint density at radius 3 is 2.55 bits per heavy atom. The molecule has 3 heterocycles. The maximum absolute atomic E-state index is 13.9. The second-order valence-corrected chi connectivity index (χ2v) is 9.88. The summed E-state index contributed by atoms with van der Waals surface area (Å²) in [5, 5.41) is 4.00. The number of methoxy groups -OCH3 is 2. The van der Waals surface area contributed by atoms with Gasteiger partial charge in [0.15, 0.2) is 5.78 Å². The van der Waals surface area contributed by atoms with E-state index in [0.717, 1.165) is 10.5 Å². The number of carbonyl (C=O) groups is 3. The molecule has 3 aliphatic rings. The Bertz CT molecular complexity index is 1430. The average molecular weight is 549 g/mol. The Hall–Kier alpha value is -4.29. The van der Waals surface area contributed by atoms with Crippen molar-refractivity contribution in [2.75, 3.05) is 27.6 Å². The second-order valence-electron chi connectivity index (χ2n) is 9.88. The monoisotopic (exact) mass is 548 g/mol. The molecule has 4 atom stereocenters. The van der Waals surface area contributed by atoms with Crippen LogP contribution in [0.15, 0.2) is 53.1 Å². The zero-order valence-electron chi connectivity index (χ0n) is 22.0. The Morgan fingerprint density at radius 1 is 1.02 bits per heavy atom. The molecule has 12 nitrogen and oxygen atoms in total. The Labute approximate surface area is 229 Å². The molecule has 0 bridgehead atoms. The Kier molecular flexibility index (Phi) is 6.95. The Balaban J connectivity index is 1.30. The van der Waals surface area contributed by atoms with E-state index in [1.165, 1.54) is 19.1 Å². The van der Waals surface area contributed by atoms with Crippen molar-refractivity contribution in [3.8, 4) is 22.9 Å². The molecule has 3 fully saturated rings. The second kappa shape index (κ2) is 10.7. The summed E-state index contributed by atoms with van der Waals surface area (Å²) in [4.78, 5) is 48.1. The summed E-state index contributed by atoms with van der Waals surface area (Å²) < 4.78 is 27.5.